The Morgan fingerprint density at radius 2 is 1.00 bits per heavy atom. The van der Waals surface area contributed by atoms with Gasteiger partial charge < -0.3 is 0 Å². The molecule has 0 atom stereocenters. The molecule has 0 fully saturated rings. The van der Waals surface area contributed by atoms with E-state index >= 15 is 0 Å². The molecule has 0 aromatic carbocycles. The monoisotopic (exact) mass is 484 g/mol. The smallest absolute Gasteiger partial charge is 0 e. The van der Waals surface area contributed by atoms with Crippen molar-refractivity contribution in [3.8, 4) is 0 Å². The molecule has 0 spiro atoms. The summed E-state index contributed by atoms with van der Waals surface area (Å²) in [6.07, 6.45) is 0. The third kappa shape index (κ3) is 23.1. The number of hydrogen-bond acceptors (Lipinski definition) is 0. The maximum absolute atomic E-state index is 0. The largest absolute Gasteiger partial charge is 0 e. The van der Waals surface area contributed by atoms with Crippen molar-refractivity contribution in [3.63, 3.8) is 0 Å². The average molecular weight is 483 g/mol. The van der Waals surface area contributed by atoms with Crippen LogP contribution in [0.1, 0.15) is 0 Å². The van der Waals surface area contributed by atoms with Crippen LogP contribution in [0.3, 0.4) is 0 Å². The molecule has 32 valence electrons. The maximum Gasteiger partial charge on any atom is 0 e. The minimum Gasteiger partial charge on any atom is 0 e. The molecule has 6 radical (unpaired) electrons. The standard InChI is InChI=1S/Bi.Fe.K.Mg.Mo.Ni. The normalized spacial score (nSPS) is 0. The molecule has 0 aliphatic carbocycles. The van der Waals surface area contributed by atoms with Crippen molar-refractivity contribution in [2.45, 2.75) is 0 Å². The molecule has 0 saturated heterocycles. The van der Waals surface area contributed by atoms with Gasteiger partial charge in [0.25, 0.3) is 0 Å². The summed E-state index contributed by atoms with van der Waals surface area (Å²) in [6, 6.07) is 0. The van der Waals surface area contributed by atoms with Gasteiger partial charge in [0.2, 0.25) is 0 Å². The molecule has 0 N–H and O–H groups in total. The van der Waals surface area contributed by atoms with E-state index in [0.717, 1.165) is 0 Å². The van der Waals surface area contributed by atoms with Crippen LogP contribution in [0.15, 0.2) is 0 Å². The van der Waals surface area contributed by atoms with E-state index in [2.05, 4.69) is 0 Å². The van der Waals surface area contributed by atoms with Crippen molar-refractivity contribution >= 4 is 101 Å². The first-order valence-electron chi connectivity index (χ1n) is 0. The molecule has 6 heavy (non-hydrogen) atoms. The Morgan fingerprint density at radius 3 is 1.00 bits per heavy atom. The molecule has 0 nitrogen and oxygen atoms in total. The first kappa shape index (κ1) is 44.1. The van der Waals surface area contributed by atoms with E-state index in [4.69, 9.17) is 0 Å². The minimum atomic E-state index is 0. The molecule has 0 aromatic heterocycles. The van der Waals surface area contributed by atoms with Gasteiger partial charge in [0.05, 0.1) is 0 Å². The van der Waals surface area contributed by atoms with Crippen molar-refractivity contribution in [3.05, 3.63) is 0 Å². The molecule has 0 aliphatic heterocycles. The molecule has 0 heterocycles. The molecule has 0 saturated carbocycles. The van der Waals surface area contributed by atoms with Crippen LogP contribution in [0, 0.1) is 0 Å². The van der Waals surface area contributed by atoms with Gasteiger partial charge >= 0.3 is 0 Å². The van der Waals surface area contributed by atoms with Crippen LogP contribution in [-0.4, -0.2) is 101 Å². The van der Waals surface area contributed by atoms with E-state index < -0.39 is 0 Å². The van der Waals surface area contributed by atoms with Crippen molar-refractivity contribution in [2.24, 2.45) is 0 Å². The van der Waals surface area contributed by atoms with Gasteiger partial charge in [-0.1, -0.05) is 0 Å². The zero-order valence-electron chi connectivity index (χ0n) is 3.23. The van der Waals surface area contributed by atoms with E-state index in [0.29, 0.717) is 0 Å². The predicted octanol–water partition coefficient (Wildman–Crippen LogP) is -1.15. The summed E-state index contributed by atoms with van der Waals surface area (Å²) >= 11 is 0. The summed E-state index contributed by atoms with van der Waals surface area (Å²) in [6.45, 7) is 0. The second-order valence-electron chi connectivity index (χ2n) is 0. The second kappa shape index (κ2) is 32.4. The Hall–Kier alpha value is 4.99. The van der Waals surface area contributed by atoms with Crippen LogP contribution in [0.4, 0.5) is 0 Å². The topological polar surface area (TPSA) is 0 Å². The van der Waals surface area contributed by atoms with E-state index in [1.807, 2.05) is 0 Å². The van der Waals surface area contributed by atoms with Gasteiger partial charge in [-0.05, 0) is 0 Å². The molecule has 0 aromatic rings. The summed E-state index contributed by atoms with van der Waals surface area (Å²) in [5, 5.41) is 0. The summed E-state index contributed by atoms with van der Waals surface area (Å²) in [5.41, 5.74) is 0. The maximum atomic E-state index is 0. The summed E-state index contributed by atoms with van der Waals surface area (Å²) in [7, 11) is 0. The minimum absolute atomic E-state index is 0. The van der Waals surface area contributed by atoms with Gasteiger partial charge in [-0.2, -0.15) is 0 Å². The zero-order valence-corrected chi connectivity index (χ0v) is 15.3. The summed E-state index contributed by atoms with van der Waals surface area (Å²) in [5.74, 6) is 0. The predicted molar refractivity (Wildman–Crippen MR) is 17.3 cm³/mol. The SMILES string of the molecule is [Bi].[Fe].[K].[Mg].[Mo].[Ni]. The van der Waals surface area contributed by atoms with E-state index in [1.54, 1.807) is 0 Å². The fourth-order valence-corrected chi connectivity index (χ4v) is 0. The first-order chi connectivity index (χ1) is 0. The van der Waals surface area contributed by atoms with Crippen molar-refractivity contribution in [1.29, 1.82) is 0 Å². The molecule has 0 bridgehead atoms. The number of rotatable bonds is 0. The average Bonchev–Trinajstić information content (AvgIpc) is 0. The van der Waals surface area contributed by atoms with Crippen LogP contribution < -0.4 is 0 Å². The van der Waals surface area contributed by atoms with Crippen LogP contribution in [0.5, 0.6) is 0 Å². The van der Waals surface area contributed by atoms with Gasteiger partial charge in [-0.3, -0.25) is 0 Å². The Kier molecular flexibility index (Phi) is 238. The molecule has 0 rings (SSSR count). The molecular weight excluding hydrogens is 483 g/mol. The van der Waals surface area contributed by atoms with E-state index in [9.17, 15) is 0 Å². The van der Waals surface area contributed by atoms with Crippen LogP contribution in [-0.2, 0) is 54.6 Å². The van der Waals surface area contributed by atoms with E-state index in [1.165, 1.54) is 0 Å². The molecule has 0 amide bonds. The summed E-state index contributed by atoms with van der Waals surface area (Å²) < 4.78 is 0. The molecular formula is BiFeKMgMoNi. The fourth-order valence-electron chi connectivity index (χ4n) is 0. The zero-order chi connectivity index (χ0) is 0. The van der Waals surface area contributed by atoms with Crippen LogP contribution in [0.25, 0.3) is 0 Å². The quantitative estimate of drug-likeness (QED) is 0.383. The van der Waals surface area contributed by atoms with Crippen molar-refractivity contribution in [2.75, 3.05) is 0 Å². The Balaban J connectivity index is 0. The fraction of sp³-hybridized carbons (Fsp3) is 0. The summed E-state index contributed by atoms with van der Waals surface area (Å²) in [4.78, 5) is 0. The number of hydrogen-bond donors (Lipinski definition) is 0. The van der Waals surface area contributed by atoms with Gasteiger partial charge in [0, 0.05) is 155 Å². The van der Waals surface area contributed by atoms with Gasteiger partial charge in [-0.15, -0.1) is 0 Å². The van der Waals surface area contributed by atoms with Crippen LogP contribution >= 0.6 is 0 Å². The third-order valence-electron chi connectivity index (χ3n) is 0. The third-order valence-corrected chi connectivity index (χ3v) is 0. The Labute approximate surface area is 151 Å². The van der Waals surface area contributed by atoms with Crippen molar-refractivity contribution < 1.29 is 54.6 Å². The van der Waals surface area contributed by atoms with Crippen LogP contribution in [0.2, 0.25) is 0 Å². The Bertz CT molecular complexity index is 15.5. The van der Waals surface area contributed by atoms with Gasteiger partial charge in [0.15, 0.2) is 0 Å². The van der Waals surface area contributed by atoms with Gasteiger partial charge in [-0.25, -0.2) is 0 Å². The van der Waals surface area contributed by atoms with Gasteiger partial charge in [0.1, 0.15) is 0 Å². The Morgan fingerprint density at radius 1 is 1.00 bits per heavy atom. The second-order valence-corrected chi connectivity index (χ2v) is 0. The van der Waals surface area contributed by atoms with E-state index in [-0.39, 0.29) is 155 Å². The van der Waals surface area contributed by atoms with Crippen molar-refractivity contribution in [1.82, 2.24) is 0 Å². The molecule has 0 aliphatic rings. The molecule has 6 heteroatoms. The first-order valence-corrected chi connectivity index (χ1v) is 0. The molecule has 0 unspecified atom stereocenters.